The van der Waals surface area contributed by atoms with Crippen LogP contribution in [-0.4, -0.2) is 31.3 Å². The third kappa shape index (κ3) is 2.84. The van der Waals surface area contributed by atoms with Crippen LogP contribution in [0.4, 0.5) is 0 Å². The highest BCUT2D eigenvalue weighted by atomic mass is 35.5. The Balaban J connectivity index is 2.05. The Kier molecular flexibility index (Phi) is 3.98. The number of pyridine rings is 1. The van der Waals surface area contributed by atoms with Crippen molar-refractivity contribution in [3.05, 3.63) is 22.8 Å². The highest BCUT2D eigenvalue weighted by Crippen LogP contribution is 2.20. The van der Waals surface area contributed by atoms with E-state index in [2.05, 4.69) is 10.3 Å². The number of hydrogen-bond acceptors (Lipinski definition) is 4. The zero-order chi connectivity index (χ0) is 11.4. The lowest BCUT2D eigenvalue weighted by Crippen LogP contribution is -2.17. The molecule has 1 N–H and O–H groups in total. The van der Waals surface area contributed by atoms with Crippen LogP contribution in [0, 0.1) is 0 Å². The van der Waals surface area contributed by atoms with Gasteiger partial charge in [0.1, 0.15) is 6.10 Å². The van der Waals surface area contributed by atoms with Crippen molar-refractivity contribution < 1.29 is 9.47 Å². The van der Waals surface area contributed by atoms with Crippen LogP contribution >= 0.6 is 11.6 Å². The van der Waals surface area contributed by atoms with Gasteiger partial charge < -0.3 is 14.8 Å². The number of aromatic nitrogens is 1. The summed E-state index contributed by atoms with van der Waals surface area (Å²) in [6, 6.07) is 3.60. The Labute approximate surface area is 99.9 Å². The lowest BCUT2D eigenvalue weighted by atomic mass is 10.3. The second-order valence-corrected chi connectivity index (χ2v) is 4.12. The minimum absolute atomic E-state index is 0.121. The fourth-order valence-electron chi connectivity index (χ4n) is 1.60. The molecule has 0 saturated carbocycles. The molecule has 1 aliphatic heterocycles. The number of hydrogen-bond donors (Lipinski definition) is 1. The Bertz CT molecular complexity index is 354. The van der Waals surface area contributed by atoms with Crippen LogP contribution in [0.1, 0.15) is 12.1 Å². The molecule has 1 unspecified atom stereocenters. The summed E-state index contributed by atoms with van der Waals surface area (Å²) in [6.45, 7) is 2.05. The molecule has 1 aromatic heterocycles. The molecule has 1 aromatic rings. The van der Waals surface area contributed by atoms with Crippen LogP contribution in [0.5, 0.6) is 5.88 Å². The number of ether oxygens (including phenoxy) is 2. The number of nitrogens with zero attached hydrogens (tertiary/aromatic N) is 1. The second kappa shape index (κ2) is 5.48. The van der Waals surface area contributed by atoms with Crippen molar-refractivity contribution >= 4 is 11.6 Å². The summed E-state index contributed by atoms with van der Waals surface area (Å²) >= 11 is 6.01. The van der Waals surface area contributed by atoms with Crippen molar-refractivity contribution in [3.8, 4) is 5.88 Å². The van der Waals surface area contributed by atoms with Gasteiger partial charge in [0.2, 0.25) is 5.88 Å². The van der Waals surface area contributed by atoms with Crippen molar-refractivity contribution in [2.45, 2.75) is 19.1 Å². The van der Waals surface area contributed by atoms with Gasteiger partial charge in [0.15, 0.2) is 0 Å². The molecule has 5 heteroatoms. The maximum atomic E-state index is 6.01. The van der Waals surface area contributed by atoms with Gasteiger partial charge in [-0.1, -0.05) is 11.6 Å². The van der Waals surface area contributed by atoms with Gasteiger partial charge in [-0.05, 0) is 13.1 Å². The first kappa shape index (κ1) is 11.6. The summed E-state index contributed by atoms with van der Waals surface area (Å²) in [5, 5.41) is 3.68. The normalized spacial score (nSPS) is 20.0. The van der Waals surface area contributed by atoms with Gasteiger partial charge in [-0.2, -0.15) is 0 Å². The molecule has 1 aliphatic rings. The summed E-state index contributed by atoms with van der Waals surface area (Å²) in [6.07, 6.45) is 1.04. The molecule has 1 fully saturated rings. The van der Waals surface area contributed by atoms with Crippen molar-refractivity contribution in [2.75, 3.05) is 20.3 Å². The first-order chi connectivity index (χ1) is 7.79. The predicted molar refractivity (Wildman–Crippen MR) is 61.9 cm³/mol. The van der Waals surface area contributed by atoms with Crippen LogP contribution in [-0.2, 0) is 11.3 Å². The molecule has 0 aliphatic carbocycles. The summed E-state index contributed by atoms with van der Waals surface area (Å²) in [7, 11) is 1.86. The third-order valence-electron chi connectivity index (χ3n) is 2.41. The predicted octanol–water partition coefficient (Wildman–Crippen LogP) is 1.62. The summed E-state index contributed by atoms with van der Waals surface area (Å²) < 4.78 is 10.9. The van der Waals surface area contributed by atoms with E-state index in [9.17, 15) is 0 Å². The van der Waals surface area contributed by atoms with E-state index >= 15 is 0 Å². The van der Waals surface area contributed by atoms with E-state index < -0.39 is 0 Å². The van der Waals surface area contributed by atoms with E-state index in [1.165, 1.54) is 0 Å². The lowest BCUT2D eigenvalue weighted by molar-refractivity contribution is 0.138. The van der Waals surface area contributed by atoms with Crippen LogP contribution < -0.4 is 10.1 Å². The molecule has 2 heterocycles. The monoisotopic (exact) mass is 242 g/mol. The van der Waals surface area contributed by atoms with Crippen molar-refractivity contribution in [1.82, 2.24) is 10.3 Å². The van der Waals surface area contributed by atoms with Crippen molar-refractivity contribution in [3.63, 3.8) is 0 Å². The molecular weight excluding hydrogens is 228 g/mol. The fraction of sp³-hybridized carbons (Fsp3) is 0.545. The van der Waals surface area contributed by atoms with E-state index in [0.717, 1.165) is 18.7 Å². The lowest BCUT2D eigenvalue weighted by Gasteiger charge is -2.12. The van der Waals surface area contributed by atoms with Crippen LogP contribution in [0.25, 0.3) is 0 Å². The average Bonchev–Trinajstić information content (AvgIpc) is 2.76. The Morgan fingerprint density at radius 3 is 3.19 bits per heavy atom. The van der Waals surface area contributed by atoms with Crippen molar-refractivity contribution in [2.24, 2.45) is 0 Å². The van der Waals surface area contributed by atoms with Gasteiger partial charge in [0.25, 0.3) is 0 Å². The first-order valence-electron chi connectivity index (χ1n) is 5.34. The smallest absolute Gasteiger partial charge is 0.213 e. The van der Waals surface area contributed by atoms with E-state index in [1.54, 1.807) is 6.07 Å². The largest absolute Gasteiger partial charge is 0.472 e. The maximum absolute atomic E-state index is 6.01. The fourth-order valence-corrected chi connectivity index (χ4v) is 1.77. The molecule has 0 amide bonds. The molecule has 16 heavy (non-hydrogen) atoms. The highest BCUT2D eigenvalue weighted by Gasteiger charge is 2.18. The van der Waals surface area contributed by atoms with E-state index in [1.807, 2.05) is 13.1 Å². The zero-order valence-electron chi connectivity index (χ0n) is 9.20. The molecular formula is C11H15ClN2O2. The summed E-state index contributed by atoms with van der Waals surface area (Å²) in [5.74, 6) is 0.616. The molecule has 1 atom stereocenters. The first-order valence-corrected chi connectivity index (χ1v) is 5.72. The second-order valence-electron chi connectivity index (χ2n) is 3.71. The number of nitrogens with one attached hydrogen (secondary N) is 1. The van der Waals surface area contributed by atoms with Crippen LogP contribution in [0.15, 0.2) is 12.1 Å². The standard InChI is InChI=1S/C11H15ClN2O2/c1-13-6-10-9(12)2-3-11(14-10)16-8-4-5-15-7-8/h2-3,8,13H,4-7H2,1H3. The van der Waals surface area contributed by atoms with Gasteiger partial charge in [-0.15, -0.1) is 0 Å². The molecule has 4 nitrogen and oxygen atoms in total. The molecule has 2 rings (SSSR count). The molecule has 0 aromatic carbocycles. The third-order valence-corrected chi connectivity index (χ3v) is 2.76. The minimum Gasteiger partial charge on any atom is -0.472 e. The highest BCUT2D eigenvalue weighted by molar-refractivity contribution is 6.31. The van der Waals surface area contributed by atoms with Crippen molar-refractivity contribution in [1.29, 1.82) is 0 Å². The van der Waals surface area contributed by atoms with E-state index in [-0.39, 0.29) is 6.10 Å². The minimum atomic E-state index is 0.121. The summed E-state index contributed by atoms with van der Waals surface area (Å²) in [4.78, 5) is 4.35. The Hall–Kier alpha value is -0.840. The molecule has 0 bridgehead atoms. The molecule has 1 saturated heterocycles. The maximum Gasteiger partial charge on any atom is 0.213 e. The van der Waals surface area contributed by atoms with Gasteiger partial charge in [0.05, 0.1) is 23.9 Å². The SMILES string of the molecule is CNCc1nc(OC2CCOC2)ccc1Cl. The average molecular weight is 243 g/mol. The van der Waals surface area contributed by atoms with Gasteiger partial charge >= 0.3 is 0 Å². The molecule has 0 spiro atoms. The zero-order valence-corrected chi connectivity index (χ0v) is 9.96. The van der Waals surface area contributed by atoms with E-state index in [0.29, 0.717) is 24.1 Å². The van der Waals surface area contributed by atoms with Crippen LogP contribution in [0.3, 0.4) is 0 Å². The Morgan fingerprint density at radius 1 is 1.62 bits per heavy atom. The van der Waals surface area contributed by atoms with Crippen LogP contribution in [0.2, 0.25) is 5.02 Å². The molecule has 88 valence electrons. The Morgan fingerprint density at radius 2 is 2.50 bits per heavy atom. The van der Waals surface area contributed by atoms with E-state index in [4.69, 9.17) is 21.1 Å². The topological polar surface area (TPSA) is 43.4 Å². The molecule has 0 radical (unpaired) electrons. The van der Waals surface area contributed by atoms with Gasteiger partial charge in [-0.25, -0.2) is 4.98 Å². The number of halogens is 1. The quantitative estimate of drug-likeness (QED) is 0.872. The van der Waals surface area contributed by atoms with Gasteiger partial charge in [-0.3, -0.25) is 0 Å². The summed E-state index contributed by atoms with van der Waals surface area (Å²) in [5.41, 5.74) is 0.806. The van der Waals surface area contributed by atoms with Gasteiger partial charge in [0, 0.05) is 19.0 Å². The number of rotatable bonds is 4.